The molecule has 0 saturated heterocycles. The molecule has 0 saturated carbocycles. The molecule has 0 bridgehead atoms. The third-order valence-corrected chi connectivity index (χ3v) is 3.58. The molecule has 0 aliphatic carbocycles. The van der Waals surface area contributed by atoms with Gasteiger partial charge in [0.1, 0.15) is 11.6 Å². The van der Waals surface area contributed by atoms with Crippen LogP contribution < -0.4 is 15.6 Å². The Bertz CT molecular complexity index is 684. The van der Waals surface area contributed by atoms with Gasteiger partial charge in [0.05, 0.1) is 0 Å². The van der Waals surface area contributed by atoms with Gasteiger partial charge in [0.2, 0.25) is 0 Å². The van der Waals surface area contributed by atoms with Gasteiger partial charge in [-0.3, -0.25) is 20.4 Å². The zero-order valence-electron chi connectivity index (χ0n) is 12.3. The molecule has 1 atom stereocenters. The monoisotopic (exact) mass is 334 g/mol. The largest absolute Gasteiger partial charge is 0.481 e. The van der Waals surface area contributed by atoms with E-state index in [-0.39, 0.29) is 5.82 Å². The van der Waals surface area contributed by atoms with Gasteiger partial charge in [0, 0.05) is 11.0 Å². The Labute approximate surface area is 136 Å². The van der Waals surface area contributed by atoms with Crippen LogP contribution in [0, 0.1) is 5.82 Å². The molecule has 120 valence electrons. The van der Waals surface area contributed by atoms with Gasteiger partial charge >= 0.3 is 0 Å². The lowest BCUT2D eigenvalue weighted by Crippen LogP contribution is -2.46. The fraction of sp³-hybridized carbons (Fsp3) is 0.125. The number of nitrogens with one attached hydrogen (secondary N) is 2. The second-order valence-corrected chi connectivity index (χ2v) is 5.52. The number of benzene rings is 1. The zero-order chi connectivity index (χ0) is 16.7. The molecule has 23 heavy (non-hydrogen) atoms. The summed E-state index contributed by atoms with van der Waals surface area (Å²) in [5, 5.41) is 1.90. The Morgan fingerprint density at radius 2 is 1.96 bits per heavy atom. The smallest absolute Gasteiger partial charge is 0.279 e. The van der Waals surface area contributed by atoms with Crippen LogP contribution in [0.2, 0.25) is 0 Å². The first-order valence-corrected chi connectivity index (χ1v) is 7.66. The predicted octanol–water partition coefficient (Wildman–Crippen LogP) is 2.52. The molecular formula is C16H15FN2O3S. The fourth-order valence-corrected chi connectivity index (χ4v) is 2.20. The average Bonchev–Trinajstić information content (AvgIpc) is 3.06. The van der Waals surface area contributed by atoms with Crippen molar-refractivity contribution in [2.24, 2.45) is 0 Å². The van der Waals surface area contributed by atoms with Gasteiger partial charge < -0.3 is 4.74 Å². The molecule has 2 rings (SSSR count). The van der Waals surface area contributed by atoms with E-state index in [1.807, 2.05) is 17.5 Å². The standard InChI is InChI=1S/C16H15FN2O3S/c1-11(22-13-6-4-12(17)5-7-13)16(21)19-18-15(20)9-8-14-3-2-10-23-14/h2-11H,1H3,(H,18,20)(H,19,21)/b9-8+/t11-/m0/s1. The fourth-order valence-electron chi connectivity index (χ4n) is 1.58. The van der Waals surface area contributed by atoms with Crippen LogP contribution in [0.25, 0.3) is 6.08 Å². The molecule has 0 spiro atoms. The van der Waals surface area contributed by atoms with Crippen molar-refractivity contribution in [3.8, 4) is 5.75 Å². The number of amides is 2. The van der Waals surface area contributed by atoms with Crippen LogP contribution in [0.15, 0.2) is 47.9 Å². The van der Waals surface area contributed by atoms with E-state index in [1.54, 1.807) is 6.08 Å². The van der Waals surface area contributed by atoms with Crippen LogP contribution in [-0.4, -0.2) is 17.9 Å². The van der Waals surface area contributed by atoms with Crippen molar-refractivity contribution in [1.82, 2.24) is 10.9 Å². The Morgan fingerprint density at radius 3 is 2.61 bits per heavy atom. The summed E-state index contributed by atoms with van der Waals surface area (Å²) in [6.07, 6.45) is 2.12. The first-order chi connectivity index (χ1) is 11.0. The quantitative estimate of drug-likeness (QED) is 0.652. The van der Waals surface area contributed by atoms with Gasteiger partial charge in [-0.15, -0.1) is 11.3 Å². The topological polar surface area (TPSA) is 67.4 Å². The van der Waals surface area contributed by atoms with Crippen LogP contribution >= 0.6 is 11.3 Å². The van der Waals surface area contributed by atoms with Gasteiger partial charge in [0.25, 0.3) is 11.8 Å². The number of halogens is 1. The molecule has 1 aromatic carbocycles. The molecular weight excluding hydrogens is 319 g/mol. The summed E-state index contributed by atoms with van der Waals surface area (Å²) in [6.45, 7) is 1.52. The van der Waals surface area contributed by atoms with E-state index in [0.717, 1.165) is 4.88 Å². The van der Waals surface area contributed by atoms with Crippen LogP contribution in [0.3, 0.4) is 0 Å². The first kappa shape index (κ1) is 16.7. The summed E-state index contributed by atoms with van der Waals surface area (Å²) < 4.78 is 18.1. The number of hydrogen-bond acceptors (Lipinski definition) is 4. The first-order valence-electron chi connectivity index (χ1n) is 6.78. The molecule has 0 unspecified atom stereocenters. The molecule has 0 fully saturated rings. The Kier molecular flexibility index (Phi) is 5.87. The van der Waals surface area contributed by atoms with E-state index < -0.39 is 17.9 Å². The molecule has 0 aliphatic rings. The van der Waals surface area contributed by atoms with E-state index >= 15 is 0 Å². The number of thiophene rings is 1. The molecule has 2 aromatic rings. The van der Waals surface area contributed by atoms with Crippen molar-refractivity contribution in [2.45, 2.75) is 13.0 Å². The Balaban J connectivity index is 1.77. The average molecular weight is 334 g/mol. The minimum Gasteiger partial charge on any atom is -0.481 e. The summed E-state index contributed by atoms with van der Waals surface area (Å²) in [4.78, 5) is 24.3. The van der Waals surface area contributed by atoms with E-state index in [0.29, 0.717) is 5.75 Å². The number of ether oxygens (including phenoxy) is 1. The van der Waals surface area contributed by atoms with Crippen LogP contribution in [0.5, 0.6) is 5.75 Å². The van der Waals surface area contributed by atoms with Crippen molar-refractivity contribution in [1.29, 1.82) is 0 Å². The molecule has 2 amide bonds. The van der Waals surface area contributed by atoms with Crippen LogP contribution in [-0.2, 0) is 9.59 Å². The second-order valence-electron chi connectivity index (χ2n) is 4.54. The third-order valence-electron chi connectivity index (χ3n) is 2.75. The van der Waals surface area contributed by atoms with Gasteiger partial charge in [-0.2, -0.15) is 0 Å². The molecule has 7 heteroatoms. The highest BCUT2D eigenvalue weighted by Crippen LogP contribution is 2.13. The number of hydrazine groups is 1. The van der Waals surface area contributed by atoms with E-state index in [9.17, 15) is 14.0 Å². The molecule has 0 aliphatic heterocycles. The van der Waals surface area contributed by atoms with Gasteiger partial charge in [-0.05, 0) is 48.7 Å². The Hall–Kier alpha value is -2.67. The molecule has 1 heterocycles. The normalized spacial score (nSPS) is 11.9. The highest BCUT2D eigenvalue weighted by Gasteiger charge is 2.14. The molecule has 5 nitrogen and oxygen atoms in total. The van der Waals surface area contributed by atoms with E-state index in [4.69, 9.17) is 4.74 Å². The second kappa shape index (κ2) is 8.09. The lowest BCUT2D eigenvalue weighted by atomic mass is 10.3. The van der Waals surface area contributed by atoms with Gasteiger partial charge in [-0.1, -0.05) is 6.07 Å². The number of rotatable bonds is 5. The SMILES string of the molecule is C[C@H](Oc1ccc(F)cc1)C(=O)NNC(=O)/C=C/c1cccs1. The van der Waals surface area contributed by atoms with Crippen molar-refractivity contribution in [3.05, 3.63) is 58.5 Å². The molecule has 2 N–H and O–H groups in total. The summed E-state index contributed by atoms with van der Waals surface area (Å²) >= 11 is 1.50. The third kappa shape index (κ3) is 5.55. The summed E-state index contributed by atoms with van der Waals surface area (Å²) in [5.41, 5.74) is 4.52. The minimum atomic E-state index is -0.845. The molecule has 1 aromatic heterocycles. The van der Waals surface area contributed by atoms with Crippen LogP contribution in [0.1, 0.15) is 11.8 Å². The predicted molar refractivity (Wildman–Crippen MR) is 86.1 cm³/mol. The summed E-state index contributed by atoms with van der Waals surface area (Å²) in [5.74, 6) is -1.01. The van der Waals surface area contributed by atoms with E-state index in [1.165, 1.54) is 48.6 Å². The highest BCUT2D eigenvalue weighted by atomic mass is 32.1. The zero-order valence-corrected chi connectivity index (χ0v) is 13.1. The van der Waals surface area contributed by atoms with Gasteiger partial charge in [0.15, 0.2) is 6.10 Å². The van der Waals surface area contributed by atoms with Crippen LogP contribution in [0.4, 0.5) is 4.39 Å². The summed E-state index contributed by atoms with van der Waals surface area (Å²) in [6, 6.07) is 9.04. The lowest BCUT2D eigenvalue weighted by molar-refractivity contribution is -0.131. The number of carbonyl (C=O) groups excluding carboxylic acids is 2. The van der Waals surface area contributed by atoms with Crippen molar-refractivity contribution in [3.63, 3.8) is 0 Å². The van der Waals surface area contributed by atoms with Gasteiger partial charge in [-0.25, -0.2) is 4.39 Å². The number of carbonyl (C=O) groups is 2. The molecule has 0 radical (unpaired) electrons. The van der Waals surface area contributed by atoms with Crippen molar-refractivity contribution < 1.29 is 18.7 Å². The minimum absolute atomic E-state index is 0.359. The highest BCUT2D eigenvalue weighted by molar-refractivity contribution is 7.10. The van der Waals surface area contributed by atoms with E-state index in [2.05, 4.69) is 10.9 Å². The Morgan fingerprint density at radius 1 is 1.22 bits per heavy atom. The number of hydrogen-bond donors (Lipinski definition) is 2. The maximum atomic E-state index is 12.8. The van der Waals surface area contributed by atoms with Crippen molar-refractivity contribution >= 4 is 29.2 Å². The maximum Gasteiger partial charge on any atom is 0.279 e. The summed E-state index contributed by atoms with van der Waals surface area (Å²) in [7, 11) is 0. The lowest BCUT2D eigenvalue weighted by Gasteiger charge is -2.14. The maximum absolute atomic E-state index is 12.8. The van der Waals surface area contributed by atoms with Crippen molar-refractivity contribution in [2.75, 3.05) is 0 Å².